The van der Waals surface area contributed by atoms with Gasteiger partial charge in [0.2, 0.25) is 0 Å². The summed E-state index contributed by atoms with van der Waals surface area (Å²) in [5.41, 5.74) is 3.57. The Bertz CT molecular complexity index is 1110. The van der Waals surface area contributed by atoms with Gasteiger partial charge in [0.15, 0.2) is 5.82 Å². The van der Waals surface area contributed by atoms with Crippen LogP contribution in [0.15, 0.2) is 65.4 Å². The minimum atomic E-state index is -0.283. The van der Waals surface area contributed by atoms with E-state index in [4.69, 9.17) is 0 Å². The molecule has 0 saturated carbocycles. The van der Waals surface area contributed by atoms with Gasteiger partial charge < -0.3 is 5.32 Å². The second-order valence-electron chi connectivity index (χ2n) is 5.75. The smallest absolute Gasteiger partial charge is 0.163 e. The summed E-state index contributed by atoms with van der Waals surface area (Å²) in [6, 6.07) is 14.7. The van der Waals surface area contributed by atoms with Crippen molar-refractivity contribution in [3.05, 3.63) is 71.2 Å². The first-order valence-corrected chi connectivity index (χ1v) is 8.80. The highest BCUT2D eigenvalue weighted by molar-refractivity contribution is 9.10. The van der Waals surface area contributed by atoms with E-state index in [1.54, 1.807) is 24.5 Å². The Morgan fingerprint density at radius 2 is 1.68 bits per heavy atom. The highest BCUT2D eigenvalue weighted by atomic mass is 79.9. The van der Waals surface area contributed by atoms with Crippen LogP contribution in [0.4, 0.5) is 10.2 Å². The van der Waals surface area contributed by atoms with E-state index in [1.165, 1.54) is 6.07 Å². The van der Waals surface area contributed by atoms with Crippen LogP contribution < -0.4 is 5.32 Å². The lowest BCUT2D eigenvalue weighted by Crippen LogP contribution is -1.99. The summed E-state index contributed by atoms with van der Waals surface area (Å²) in [7, 11) is 1.83. The molecule has 0 atom stereocenters. The topological polar surface area (TPSA) is 50.7 Å². The first-order valence-electron chi connectivity index (χ1n) is 8.01. The van der Waals surface area contributed by atoms with E-state index in [-0.39, 0.29) is 30.6 Å². The summed E-state index contributed by atoms with van der Waals surface area (Å²) >= 11 is 3.24. The molecule has 4 rings (SSSR count). The van der Waals surface area contributed by atoms with Crippen LogP contribution >= 0.6 is 40.7 Å². The molecule has 144 valence electrons. The van der Waals surface area contributed by atoms with Gasteiger partial charge in [-0.1, -0.05) is 12.1 Å². The number of pyridine rings is 1. The maximum Gasteiger partial charge on any atom is 0.163 e. The Morgan fingerprint density at radius 3 is 2.36 bits per heavy atom. The van der Waals surface area contributed by atoms with Gasteiger partial charge in [-0.05, 0) is 63.5 Å². The molecule has 0 fully saturated rings. The van der Waals surface area contributed by atoms with E-state index in [2.05, 4.69) is 36.2 Å². The molecule has 28 heavy (non-hydrogen) atoms. The summed E-state index contributed by atoms with van der Waals surface area (Å²) in [6.45, 7) is 0. The number of nitrogens with zero attached hydrogens (tertiary/aromatic N) is 3. The minimum Gasteiger partial charge on any atom is -0.373 e. The van der Waals surface area contributed by atoms with Crippen LogP contribution in [0.5, 0.6) is 0 Å². The van der Waals surface area contributed by atoms with Gasteiger partial charge in [0, 0.05) is 30.4 Å². The Balaban J connectivity index is 0.00000140. The fraction of sp³-hybridized carbons (Fsp3) is 0.0500. The third kappa shape index (κ3) is 4.24. The zero-order chi connectivity index (χ0) is 18.1. The average Bonchev–Trinajstić information content (AvgIpc) is 2.69. The number of anilines is 1. The van der Waals surface area contributed by atoms with Gasteiger partial charge in [-0.25, -0.2) is 14.4 Å². The number of hydrogen-bond donors (Lipinski definition) is 1. The van der Waals surface area contributed by atoms with Crippen LogP contribution in [0.2, 0.25) is 0 Å². The van der Waals surface area contributed by atoms with Gasteiger partial charge in [-0.3, -0.25) is 4.98 Å². The predicted octanol–water partition coefficient (Wildman–Crippen LogP) is 6.15. The maximum absolute atomic E-state index is 13.5. The van der Waals surface area contributed by atoms with E-state index in [1.807, 2.05) is 37.4 Å². The molecule has 0 radical (unpaired) electrons. The Morgan fingerprint density at radius 1 is 0.929 bits per heavy atom. The summed E-state index contributed by atoms with van der Waals surface area (Å²) in [5.74, 6) is 1.07. The van der Waals surface area contributed by atoms with Crippen LogP contribution in [-0.2, 0) is 0 Å². The number of halogens is 4. The molecule has 2 heterocycles. The number of benzene rings is 2. The van der Waals surface area contributed by atoms with Gasteiger partial charge in [-0.2, -0.15) is 0 Å². The first kappa shape index (κ1) is 22.0. The minimum absolute atomic E-state index is 0. The highest BCUT2D eigenvalue weighted by Gasteiger charge is 2.11. The summed E-state index contributed by atoms with van der Waals surface area (Å²) in [5, 5.41) is 4.04. The Labute approximate surface area is 182 Å². The SMILES string of the molecule is CNc1nc(-c2cccnc2)nc2ccc(-c3ccc(F)c(Br)c3)cc12.Cl.Cl. The van der Waals surface area contributed by atoms with E-state index < -0.39 is 0 Å². The van der Waals surface area contributed by atoms with E-state index in [0.29, 0.717) is 10.3 Å². The monoisotopic (exact) mass is 480 g/mol. The van der Waals surface area contributed by atoms with Crippen LogP contribution in [0.25, 0.3) is 33.4 Å². The number of fused-ring (bicyclic) bond motifs is 1. The van der Waals surface area contributed by atoms with Crippen LogP contribution in [0.1, 0.15) is 0 Å². The van der Waals surface area contributed by atoms with Crippen LogP contribution in [0, 0.1) is 5.82 Å². The molecule has 0 spiro atoms. The van der Waals surface area contributed by atoms with Gasteiger partial charge in [0.05, 0.1) is 9.99 Å². The number of hydrogen-bond acceptors (Lipinski definition) is 4. The molecule has 8 heteroatoms. The quantitative estimate of drug-likeness (QED) is 0.381. The van der Waals surface area contributed by atoms with Gasteiger partial charge in [0.25, 0.3) is 0 Å². The molecule has 0 saturated heterocycles. The first-order chi connectivity index (χ1) is 12.7. The van der Waals surface area contributed by atoms with Gasteiger partial charge >= 0.3 is 0 Å². The fourth-order valence-corrected chi connectivity index (χ4v) is 3.18. The number of nitrogens with one attached hydrogen (secondary N) is 1. The third-order valence-electron chi connectivity index (χ3n) is 4.11. The van der Waals surface area contributed by atoms with Crippen LogP contribution in [0.3, 0.4) is 0 Å². The van der Waals surface area contributed by atoms with Crippen molar-refractivity contribution < 1.29 is 4.39 Å². The van der Waals surface area contributed by atoms with Crippen molar-refractivity contribution in [2.24, 2.45) is 0 Å². The number of aromatic nitrogens is 3. The number of rotatable bonds is 3. The van der Waals surface area contributed by atoms with E-state index >= 15 is 0 Å². The maximum atomic E-state index is 13.5. The van der Waals surface area contributed by atoms with Crippen molar-refractivity contribution in [3.63, 3.8) is 0 Å². The molecular weight excluding hydrogens is 466 g/mol. The summed E-state index contributed by atoms with van der Waals surface area (Å²) < 4.78 is 13.9. The fourth-order valence-electron chi connectivity index (χ4n) is 2.80. The molecule has 2 aromatic carbocycles. The molecule has 2 aromatic heterocycles. The molecule has 0 aliphatic heterocycles. The molecule has 4 nitrogen and oxygen atoms in total. The van der Waals surface area contributed by atoms with E-state index in [9.17, 15) is 4.39 Å². The molecule has 0 aliphatic rings. The largest absolute Gasteiger partial charge is 0.373 e. The second kappa shape index (κ2) is 9.28. The Hall–Kier alpha value is -2.28. The molecule has 4 aromatic rings. The lowest BCUT2D eigenvalue weighted by Gasteiger charge is -2.10. The zero-order valence-corrected chi connectivity index (χ0v) is 17.9. The van der Waals surface area contributed by atoms with Crippen molar-refractivity contribution in [2.75, 3.05) is 12.4 Å². The molecular formula is C20H16BrCl2FN4. The van der Waals surface area contributed by atoms with Crippen molar-refractivity contribution in [1.82, 2.24) is 15.0 Å². The molecule has 0 aliphatic carbocycles. The highest BCUT2D eigenvalue weighted by Crippen LogP contribution is 2.31. The third-order valence-corrected chi connectivity index (χ3v) is 4.71. The molecule has 0 bridgehead atoms. The summed E-state index contributed by atoms with van der Waals surface area (Å²) in [6.07, 6.45) is 3.46. The van der Waals surface area contributed by atoms with Gasteiger partial charge in [0.1, 0.15) is 11.6 Å². The molecule has 0 amide bonds. The standard InChI is InChI=1S/C20H14BrFN4.2ClH/c1-23-20-15-9-12(13-4-6-17(22)16(21)10-13)5-7-18(15)25-19(26-20)14-3-2-8-24-11-14;;/h2-11H,1H3,(H,23,25,26);2*1H. The summed E-state index contributed by atoms with van der Waals surface area (Å²) in [4.78, 5) is 13.4. The lowest BCUT2D eigenvalue weighted by atomic mass is 10.0. The van der Waals surface area contributed by atoms with Crippen LogP contribution in [-0.4, -0.2) is 22.0 Å². The van der Waals surface area contributed by atoms with Crippen molar-refractivity contribution in [1.29, 1.82) is 0 Å². The Kier molecular flexibility index (Phi) is 7.29. The average molecular weight is 482 g/mol. The van der Waals surface area contributed by atoms with E-state index in [0.717, 1.165) is 33.4 Å². The van der Waals surface area contributed by atoms with Crippen molar-refractivity contribution in [2.45, 2.75) is 0 Å². The zero-order valence-electron chi connectivity index (χ0n) is 14.7. The molecule has 1 N–H and O–H groups in total. The lowest BCUT2D eigenvalue weighted by molar-refractivity contribution is 0.621. The van der Waals surface area contributed by atoms with Crippen molar-refractivity contribution in [3.8, 4) is 22.5 Å². The molecule has 0 unspecified atom stereocenters. The predicted molar refractivity (Wildman–Crippen MR) is 120 cm³/mol. The second-order valence-corrected chi connectivity index (χ2v) is 6.60. The normalized spacial score (nSPS) is 10.1. The van der Waals surface area contributed by atoms with Crippen molar-refractivity contribution >= 4 is 57.5 Å². The van der Waals surface area contributed by atoms with Gasteiger partial charge in [-0.15, -0.1) is 24.8 Å².